The van der Waals surface area contributed by atoms with E-state index in [1.165, 1.54) is 13.3 Å². The molecule has 1 heterocycles. The highest BCUT2D eigenvalue weighted by molar-refractivity contribution is 9.10. The lowest BCUT2D eigenvalue weighted by molar-refractivity contribution is 0.0522. The van der Waals surface area contributed by atoms with Crippen LogP contribution >= 0.6 is 15.9 Å². The Kier molecular flexibility index (Phi) is 3.81. The van der Waals surface area contributed by atoms with Crippen molar-refractivity contribution >= 4 is 32.8 Å². The lowest BCUT2D eigenvalue weighted by atomic mass is 10.1. The van der Waals surface area contributed by atoms with Crippen molar-refractivity contribution in [3.63, 3.8) is 0 Å². The average molecular weight is 310 g/mol. The van der Waals surface area contributed by atoms with Crippen molar-refractivity contribution in [2.24, 2.45) is 0 Å². The summed E-state index contributed by atoms with van der Waals surface area (Å²) < 4.78 is 11.2. The first-order valence-corrected chi connectivity index (χ1v) is 6.26. The minimum absolute atomic E-state index is 0.318. The van der Waals surface area contributed by atoms with Gasteiger partial charge in [-0.25, -0.2) is 4.79 Å². The molecule has 2 aromatic rings. The predicted octanol–water partition coefficient (Wildman–Crippen LogP) is 3.18. The Labute approximate surface area is 113 Å². The number of esters is 1. The van der Waals surface area contributed by atoms with Crippen LogP contribution in [-0.2, 0) is 4.74 Å². The summed E-state index contributed by atoms with van der Waals surface area (Å²) in [5.41, 5.74) is 1.09. The van der Waals surface area contributed by atoms with Crippen molar-refractivity contribution in [1.29, 1.82) is 0 Å². The Bertz CT molecular complexity index is 598. The number of fused-ring (bicyclic) bond motifs is 1. The second-order valence-electron chi connectivity index (χ2n) is 3.56. The number of nitrogens with zero attached hydrogens (tertiary/aromatic N) is 1. The minimum atomic E-state index is -0.427. The zero-order valence-corrected chi connectivity index (χ0v) is 11.7. The molecule has 0 aliphatic carbocycles. The van der Waals surface area contributed by atoms with Crippen LogP contribution in [0.2, 0.25) is 0 Å². The Balaban J connectivity index is 2.67. The van der Waals surface area contributed by atoms with Gasteiger partial charge in [-0.05, 0) is 35.0 Å². The molecule has 0 aliphatic heterocycles. The molecule has 0 atom stereocenters. The monoisotopic (exact) mass is 309 g/mol. The molecule has 94 valence electrons. The Morgan fingerprint density at radius 1 is 1.44 bits per heavy atom. The van der Waals surface area contributed by atoms with E-state index in [4.69, 9.17) is 9.47 Å². The highest BCUT2D eigenvalue weighted by Crippen LogP contribution is 2.32. The van der Waals surface area contributed by atoms with Gasteiger partial charge < -0.3 is 9.47 Å². The molecule has 0 spiro atoms. The smallest absolute Gasteiger partial charge is 0.343 e. The maximum atomic E-state index is 11.8. The highest BCUT2D eigenvalue weighted by atomic mass is 79.9. The molecule has 1 aromatic heterocycles. The summed E-state index contributed by atoms with van der Waals surface area (Å²) in [6.45, 7) is 2.08. The van der Waals surface area contributed by atoms with Crippen LogP contribution in [0.4, 0.5) is 0 Å². The molecule has 0 fully saturated rings. The lowest BCUT2D eigenvalue weighted by Gasteiger charge is -2.10. The number of carbonyl (C=O) groups is 1. The number of hydrogen-bond acceptors (Lipinski definition) is 4. The van der Waals surface area contributed by atoms with E-state index in [2.05, 4.69) is 20.9 Å². The van der Waals surface area contributed by atoms with Crippen molar-refractivity contribution in [2.75, 3.05) is 13.7 Å². The quantitative estimate of drug-likeness (QED) is 0.817. The predicted molar refractivity (Wildman–Crippen MR) is 72.0 cm³/mol. The maximum absolute atomic E-state index is 11.8. The standard InChI is InChI=1S/C13H12BrNO3/c1-3-18-13(16)9-7-15-11-8(12(9)17-2)5-4-6-10(11)14/h4-7H,3H2,1-2H3. The second-order valence-corrected chi connectivity index (χ2v) is 4.42. The normalized spacial score (nSPS) is 10.4. The maximum Gasteiger partial charge on any atom is 0.343 e. The van der Waals surface area contributed by atoms with Crippen molar-refractivity contribution in [3.05, 3.63) is 34.4 Å². The Morgan fingerprint density at radius 2 is 2.22 bits per heavy atom. The van der Waals surface area contributed by atoms with Gasteiger partial charge in [0.1, 0.15) is 11.3 Å². The van der Waals surface area contributed by atoms with Gasteiger partial charge in [0.15, 0.2) is 0 Å². The van der Waals surface area contributed by atoms with E-state index < -0.39 is 5.97 Å². The lowest BCUT2D eigenvalue weighted by Crippen LogP contribution is -2.07. The van der Waals surface area contributed by atoms with Gasteiger partial charge in [-0.2, -0.15) is 0 Å². The van der Waals surface area contributed by atoms with E-state index in [9.17, 15) is 4.79 Å². The minimum Gasteiger partial charge on any atom is -0.495 e. The molecule has 0 bridgehead atoms. The van der Waals surface area contributed by atoms with Crippen molar-refractivity contribution < 1.29 is 14.3 Å². The van der Waals surface area contributed by atoms with Crippen LogP contribution in [0.15, 0.2) is 28.9 Å². The number of ether oxygens (including phenoxy) is 2. The van der Waals surface area contributed by atoms with E-state index in [1.54, 1.807) is 6.92 Å². The summed E-state index contributed by atoms with van der Waals surface area (Å²) in [4.78, 5) is 16.1. The van der Waals surface area contributed by atoms with E-state index in [1.807, 2.05) is 18.2 Å². The molecule has 0 N–H and O–H groups in total. The largest absolute Gasteiger partial charge is 0.495 e. The molecule has 4 nitrogen and oxygen atoms in total. The fraction of sp³-hybridized carbons (Fsp3) is 0.231. The van der Waals surface area contributed by atoms with E-state index in [-0.39, 0.29) is 0 Å². The van der Waals surface area contributed by atoms with Gasteiger partial charge in [-0.1, -0.05) is 6.07 Å². The van der Waals surface area contributed by atoms with Gasteiger partial charge in [0, 0.05) is 16.1 Å². The van der Waals surface area contributed by atoms with Gasteiger partial charge in [0.25, 0.3) is 0 Å². The fourth-order valence-corrected chi connectivity index (χ4v) is 2.21. The Hall–Kier alpha value is -1.62. The molecular weight excluding hydrogens is 298 g/mol. The summed E-state index contributed by atoms with van der Waals surface area (Å²) >= 11 is 3.42. The number of carbonyl (C=O) groups excluding carboxylic acids is 1. The van der Waals surface area contributed by atoms with Gasteiger partial charge in [0.05, 0.1) is 19.2 Å². The van der Waals surface area contributed by atoms with Crippen molar-refractivity contribution in [1.82, 2.24) is 4.98 Å². The number of para-hydroxylation sites is 1. The number of rotatable bonds is 3. The molecule has 0 saturated carbocycles. The number of pyridine rings is 1. The molecule has 0 unspecified atom stereocenters. The second kappa shape index (κ2) is 5.35. The topological polar surface area (TPSA) is 48.4 Å². The molecule has 2 rings (SSSR count). The molecule has 1 aromatic carbocycles. The van der Waals surface area contributed by atoms with E-state index in [0.717, 1.165) is 15.4 Å². The van der Waals surface area contributed by atoms with Gasteiger partial charge in [0.2, 0.25) is 0 Å². The van der Waals surface area contributed by atoms with Crippen LogP contribution in [0, 0.1) is 0 Å². The van der Waals surface area contributed by atoms with Crippen LogP contribution in [0.1, 0.15) is 17.3 Å². The first-order valence-electron chi connectivity index (χ1n) is 5.47. The molecule has 18 heavy (non-hydrogen) atoms. The SMILES string of the molecule is CCOC(=O)c1cnc2c(Br)cccc2c1OC. The fourth-order valence-electron chi connectivity index (χ4n) is 1.74. The third-order valence-corrected chi connectivity index (χ3v) is 3.14. The summed E-state index contributed by atoms with van der Waals surface area (Å²) in [7, 11) is 1.53. The van der Waals surface area contributed by atoms with Gasteiger partial charge >= 0.3 is 5.97 Å². The number of hydrogen-bond donors (Lipinski definition) is 0. The first kappa shape index (κ1) is 12.8. The number of halogens is 1. The van der Waals surface area contributed by atoms with Crippen LogP contribution < -0.4 is 4.74 Å². The van der Waals surface area contributed by atoms with E-state index in [0.29, 0.717) is 17.9 Å². The first-order chi connectivity index (χ1) is 8.69. The van der Waals surface area contributed by atoms with Crippen LogP contribution in [0.25, 0.3) is 10.9 Å². The average Bonchev–Trinajstić information content (AvgIpc) is 2.38. The van der Waals surface area contributed by atoms with Crippen molar-refractivity contribution in [3.8, 4) is 5.75 Å². The van der Waals surface area contributed by atoms with Crippen molar-refractivity contribution in [2.45, 2.75) is 6.92 Å². The van der Waals surface area contributed by atoms with Crippen LogP contribution in [-0.4, -0.2) is 24.7 Å². The molecule has 5 heteroatoms. The summed E-state index contributed by atoms with van der Waals surface area (Å²) in [6.07, 6.45) is 1.48. The number of aromatic nitrogens is 1. The summed E-state index contributed by atoms with van der Waals surface area (Å²) in [5.74, 6) is 0.0588. The van der Waals surface area contributed by atoms with Crippen LogP contribution in [0.5, 0.6) is 5.75 Å². The Morgan fingerprint density at radius 3 is 2.89 bits per heavy atom. The molecule has 0 amide bonds. The van der Waals surface area contributed by atoms with E-state index >= 15 is 0 Å². The summed E-state index contributed by atoms with van der Waals surface area (Å²) in [5, 5.41) is 0.775. The van der Waals surface area contributed by atoms with Gasteiger partial charge in [-0.15, -0.1) is 0 Å². The highest BCUT2D eigenvalue weighted by Gasteiger charge is 2.17. The van der Waals surface area contributed by atoms with Crippen LogP contribution in [0.3, 0.4) is 0 Å². The zero-order chi connectivity index (χ0) is 13.1. The molecule has 0 aliphatic rings. The third kappa shape index (κ3) is 2.18. The third-order valence-electron chi connectivity index (χ3n) is 2.50. The number of methoxy groups -OCH3 is 1. The number of benzene rings is 1. The molecule has 0 radical (unpaired) electrons. The van der Waals surface area contributed by atoms with Gasteiger partial charge in [-0.3, -0.25) is 4.98 Å². The molecule has 0 saturated heterocycles. The molecular formula is C13H12BrNO3. The zero-order valence-electron chi connectivity index (χ0n) is 10.1. The summed E-state index contributed by atoms with van der Waals surface area (Å²) in [6, 6.07) is 5.61.